The van der Waals surface area contributed by atoms with E-state index in [0.29, 0.717) is 6.42 Å². The molecule has 4 amide bonds. The average Bonchev–Trinajstić information content (AvgIpc) is 2.93. The Kier molecular flexibility index (Phi) is 13.0. The summed E-state index contributed by atoms with van der Waals surface area (Å²) >= 11 is 0. The van der Waals surface area contributed by atoms with Crippen LogP contribution < -0.4 is 21.7 Å². The van der Waals surface area contributed by atoms with Gasteiger partial charge < -0.3 is 31.2 Å². The number of carbonyl (C=O) groups is 5. The van der Waals surface area contributed by atoms with Gasteiger partial charge in [0.15, 0.2) is 0 Å². The number of esters is 1. The van der Waals surface area contributed by atoms with E-state index in [1.54, 1.807) is 76.2 Å². The van der Waals surface area contributed by atoms with Crippen LogP contribution in [0.4, 0.5) is 4.79 Å². The summed E-state index contributed by atoms with van der Waals surface area (Å²) in [7, 11) is 0. The number of primary amides is 1. The van der Waals surface area contributed by atoms with Gasteiger partial charge in [-0.3, -0.25) is 19.2 Å². The van der Waals surface area contributed by atoms with Crippen molar-refractivity contribution in [3.05, 3.63) is 71.8 Å². The summed E-state index contributed by atoms with van der Waals surface area (Å²) in [5, 5.41) is 7.70. The van der Waals surface area contributed by atoms with Crippen LogP contribution in [0.15, 0.2) is 60.7 Å². The van der Waals surface area contributed by atoms with Gasteiger partial charge in [0.25, 0.3) is 0 Å². The maximum Gasteiger partial charge on any atom is 0.408 e. The number of carbonyl (C=O) groups excluding carboxylic acids is 5. The lowest BCUT2D eigenvalue weighted by Crippen LogP contribution is -2.59. The topological polar surface area (TPSA) is 166 Å². The molecule has 0 saturated carbocycles. The van der Waals surface area contributed by atoms with E-state index in [-0.39, 0.29) is 18.9 Å². The maximum atomic E-state index is 13.4. The Labute approximate surface area is 246 Å². The van der Waals surface area contributed by atoms with E-state index >= 15 is 0 Å². The van der Waals surface area contributed by atoms with E-state index in [1.165, 1.54) is 0 Å². The van der Waals surface area contributed by atoms with Crippen LogP contribution in [0.25, 0.3) is 0 Å². The second-order valence-corrected chi connectivity index (χ2v) is 11.1. The number of hydrogen-bond acceptors (Lipinski definition) is 7. The number of rotatable bonds is 14. The van der Waals surface area contributed by atoms with Gasteiger partial charge in [-0.1, -0.05) is 80.9 Å². The fourth-order valence-electron chi connectivity index (χ4n) is 3.91. The molecular weight excluding hydrogens is 540 g/mol. The number of amides is 4. The van der Waals surface area contributed by atoms with Crippen LogP contribution in [0.1, 0.15) is 58.6 Å². The number of hydrogen-bond donors (Lipinski definition) is 4. The van der Waals surface area contributed by atoms with E-state index in [4.69, 9.17) is 15.2 Å². The second kappa shape index (κ2) is 16.1. The molecule has 2 rings (SSSR count). The minimum absolute atomic E-state index is 0.0196. The first-order chi connectivity index (χ1) is 19.8. The van der Waals surface area contributed by atoms with E-state index in [9.17, 15) is 24.0 Å². The molecule has 0 fully saturated rings. The molecule has 228 valence electrons. The van der Waals surface area contributed by atoms with E-state index in [1.807, 2.05) is 19.1 Å². The SMILES string of the molecule is CC[C@@H](C)[C@H](NC(=O)[C@@H](CC(=O)OCc1ccccc1)NC(=O)OC(C)(C)C)C(=O)N[C@@H](Cc1ccccc1)C(N)=O. The van der Waals surface area contributed by atoms with Gasteiger partial charge in [0.2, 0.25) is 17.7 Å². The number of benzene rings is 2. The molecule has 4 atom stereocenters. The van der Waals surface area contributed by atoms with Crippen LogP contribution in [-0.2, 0) is 41.7 Å². The molecule has 11 nitrogen and oxygen atoms in total. The van der Waals surface area contributed by atoms with Crippen LogP contribution in [0.3, 0.4) is 0 Å². The highest BCUT2D eigenvalue weighted by Gasteiger charge is 2.34. The zero-order valence-electron chi connectivity index (χ0n) is 24.8. The van der Waals surface area contributed by atoms with Crippen molar-refractivity contribution in [1.29, 1.82) is 0 Å². The molecule has 0 saturated heterocycles. The Bertz CT molecular complexity index is 1200. The number of alkyl carbamates (subject to hydrolysis) is 1. The van der Waals surface area contributed by atoms with Crippen molar-refractivity contribution in [1.82, 2.24) is 16.0 Å². The zero-order chi connectivity index (χ0) is 31.3. The van der Waals surface area contributed by atoms with Gasteiger partial charge in [-0.05, 0) is 37.8 Å². The lowest BCUT2D eigenvalue weighted by atomic mass is 9.96. The Morgan fingerprint density at radius 1 is 0.810 bits per heavy atom. The molecule has 0 aliphatic rings. The van der Waals surface area contributed by atoms with Gasteiger partial charge >= 0.3 is 12.1 Å². The van der Waals surface area contributed by atoms with Crippen molar-refractivity contribution in [2.75, 3.05) is 0 Å². The molecular formula is C31H42N4O7. The molecule has 0 spiro atoms. The molecule has 0 aromatic heterocycles. The molecule has 2 aromatic rings. The first kappa shape index (κ1) is 33.8. The molecule has 0 heterocycles. The van der Waals surface area contributed by atoms with Crippen LogP contribution >= 0.6 is 0 Å². The summed E-state index contributed by atoms with van der Waals surface area (Å²) in [6.45, 7) is 8.54. The molecule has 0 aliphatic heterocycles. The van der Waals surface area contributed by atoms with Gasteiger partial charge in [0.05, 0.1) is 6.42 Å². The van der Waals surface area contributed by atoms with Crippen LogP contribution in [0.5, 0.6) is 0 Å². The normalized spacial score (nSPS) is 13.9. The molecule has 2 aromatic carbocycles. The van der Waals surface area contributed by atoms with Crippen LogP contribution in [0, 0.1) is 5.92 Å². The van der Waals surface area contributed by atoms with Gasteiger partial charge in [0, 0.05) is 6.42 Å². The van der Waals surface area contributed by atoms with Gasteiger partial charge in [-0.15, -0.1) is 0 Å². The molecule has 0 radical (unpaired) electrons. The third kappa shape index (κ3) is 12.0. The molecule has 11 heteroatoms. The smallest absolute Gasteiger partial charge is 0.408 e. The summed E-state index contributed by atoms with van der Waals surface area (Å²) in [5.41, 5.74) is 6.25. The predicted octanol–water partition coefficient (Wildman–Crippen LogP) is 2.76. The van der Waals surface area contributed by atoms with E-state index in [2.05, 4.69) is 16.0 Å². The van der Waals surface area contributed by atoms with E-state index < -0.39 is 59.9 Å². The summed E-state index contributed by atoms with van der Waals surface area (Å²) in [4.78, 5) is 64.2. The minimum atomic E-state index is -1.40. The standard InChI is InChI=1S/C31H42N4O7/c1-6-20(2)26(29(39)33-23(27(32)37)17-21-13-9-7-10-14-21)35-28(38)24(34-30(40)42-31(3,4)5)18-25(36)41-19-22-15-11-8-12-16-22/h7-16,20,23-24,26H,6,17-19H2,1-5H3,(H2,32,37)(H,33,39)(H,34,40)(H,35,38)/t20-,23+,24-,26+/m1/s1. The molecule has 42 heavy (non-hydrogen) atoms. The zero-order valence-corrected chi connectivity index (χ0v) is 24.8. The highest BCUT2D eigenvalue weighted by Crippen LogP contribution is 2.12. The fraction of sp³-hybridized carbons (Fsp3) is 0.452. The molecule has 5 N–H and O–H groups in total. The monoisotopic (exact) mass is 582 g/mol. The summed E-state index contributed by atoms with van der Waals surface area (Å²) in [6, 6.07) is 14.5. The predicted molar refractivity (Wildman–Crippen MR) is 157 cm³/mol. The summed E-state index contributed by atoms with van der Waals surface area (Å²) < 4.78 is 10.6. The third-order valence-corrected chi connectivity index (χ3v) is 6.36. The quantitative estimate of drug-likeness (QED) is 0.249. The highest BCUT2D eigenvalue weighted by atomic mass is 16.6. The Morgan fingerprint density at radius 3 is 1.90 bits per heavy atom. The first-order valence-electron chi connectivity index (χ1n) is 13.9. The largest absolute Gasteiger partial charge is 0.461 e. The molecule has 0 bridgehead atoms. The van der Waals surface area contributed by atoms with E-state index in [0.717, 1.165) is 11.1 Å². The summed E-state index contributed by atoms with van der Waals surface area (Å²) in [6.07, 6.45) is -0.759. The van der Waals surface area contributed by atoms with Gasteiger partial charge in [-0.25, -0.2) is 4.79 Å². The third-order valence-electron chi connectivity index (χ3n) is 6.36. The Balaban J connectivity index is 2.19. The van der Waals surface area contributed by atoms with Crippen LogP contribution in [0.2, 0.25) is 0 Å². The van der Waals surface area contributed by atoms with Crippen molar-refractivity contribution in [3.63, 3.8) is 0 Å². The summed E-state index contributed by atoms with van der Waals surface area (Å²) in [5.74, 6) is -3.26. The maximum absolute atomic E-state index is 13.4. The molecule has 0 aliphatic carbocycles. The van der Waals surface area contributed by atoms with Crippen molar-refractivity contribution in [2.45, 2.75) is 84.2 Å². The van der Waals surface area contributed by atoms with Crippen molar-refractivity contribution < 1.29 is 33.4 Å². The fourth-order valence-corrected chi connectivity index (χ4v) is 3.91. The Hall–Kier alpha value is -4.41. The van der Waals surface area contributed by atoms with Gasteiger partial charge in [0.1, 0.15) is 30.3 Å². The second-order valence-electron chi connectivity index (χ2n) is 11.1. The number of nitrogens with one attached hydrogen (secondary N) is 3. The number of ether oxygens (including phenoxy) is 2. The molecule has 0 unspecified atom stereocenters. The highest BCUT2D eigenvalue weighted by molar-refractivity contribution is 5.95. The van der Waals surface area contributed by atoms with Crippen molar-refractivity contribution in [2.24, 2.45) is 11.7 Å². The number of nitrogens with two attached hydrogens (primary N) is 1. The van der Waals surface area contributed by atoms with Crippen LogP contribution in [-0.4, -0.2) is 53.5 Å². The van der Waals surface area contributed by atoms with Crippen molar-refractivity contribution >= 4 is 29.8 Å². The lowest BCUT2D eigenvalue weighted by molar-refractivity contribution is -0.147. The van der Waals surface area contributed by atoms with Crippen molar-refractivity contribution in [3.8, 4) is 0 Å². The lowest BCUT2D eigenvalue weighted by Gasteiger charge is -2.28. The average molecular weight is 583 g/mol. The minimum Gasteiger partial charge on any atom is -0.461 e. The van der Waals surface area contributed by atoms with Gasteiger partial charge in [-0.2, -0.15) is 0 Å². The first-order valence-corrected chi connectivity index (χ1v) is 13.9. The Morgan fingerprint density at radius 2 is 1.38 bits per heavy atom.